The average molecular weight is 1180 g/mol. The van der Waals surface area contributed by atoms with Gasteiger partial charge in [0.1, 0.15) is 110 Å². The standard InChI is InChI=1S/C55H88O27/c1-19-12-32(60)55(82-47(19)70)20(2)33-29(81-55)14-26-24-7-6-22-13-23(8-10-53(22,4)25(24)9-11-54(26,33)5)74-51-45(79-50-41(68)38(65)34(61)21(3)73-50)42(69)43(31(16-57)76-51)77-52-46(80-49-40(67)36(63)28(59)18-72-49)44(37(64)30(15-56)75-52)78-48-39(66)35(62)27(58)17-71-48/h19-46,48-52,56-69H,6-18H2,1-5H3/t19-,20+,21+,22+,23+,24-,25+,26+,27-,28+,29+,30-,31-,32+,33+,34+,35+,36+,37-,38-,39-,40-,41-,42+,43+,44+,45-,46-,48+,49+,50+,51-,52+,53+,54+,55-/m1/s1. The Morgan fingerprint density at radius 3 is 1.77 bits per heavy atom. The van der Waals surface area contributed by atoms with Gasteiger partial charge < -0.3 is 128 Å². The number of aliphatic hydroxyl groups is 14. The quantitative estimate of drug-likeness (QED) is 0.0650. The number of fused-ring (bicyclic) bond motifs is 7. The fourth-order valence-electron chi connectivity index (χ4n) is 17.0. The van der Waals surface area contributed by atoms with Gasteiger partial charge in [-0.05, 0) is 105 Å². The van der Waals surface area contributed by atoms with Crippen molar-refractivity contribution in [3.8, 4) is 0 Å². The molecule has 0 bridgehead atoms. The van der Waals surface area contributed by atoms with Crippen LogP contribution in [-0.2, 0) is 61.6 Å². The van der Waals surface area contributed by atoms with Crippen LogP contribution < -0.4 is 0 Å². The molecular formula is C55H88O27. The maximum Gasteiger partial charge on any atom is 0.311 e. The predicted octanol–water partition coefficient (Wildman–Crippen LogP) is -4.28. The second kappa shape index (κ2) is 23.8. The van der Waals surface area contributed by atoms with E-state index in [2.05, 4.69) is 20.8 Å². The summed E-state index contributed by atoms with van der Waals surface area (Å²) >= 11 is 0. The van der Waals surface area contributed by atoms with Crippen molar-refractivity contribution in [3.05, 3.63) is 0 Å². The van der Waals surface area contributed by atoms with Gasteiger partial charge in [0.25, 0.3) is 0 Å². The minimum atomic E-state index is -1.95. The van der Waals surface area contributed by atoms with Crippen LogP contribution in [0, 0.1) is 52.3 Å². The van der Waals surface area contributed by atoms with Crippen LogP contribution in [0.2, 0.25) is 0 Å². The van der Waals surface area contributed by atoms with E-state index < -0.39 is 192 Å². The largest absolute Gasteiger partial charge is 0.430 e. The molecule has 4 saturated carbocycles. The number of ether oxygens (including phenoxy) is 12. The molecule has 11 rings (SSSR count). The topological polar surface area (TPSA) is 411 Å². The van der Waals surface area contributed by atoms with Crippen molar-refractivity contribution in [3.63, 3.8) is 0 Å². The highest BCUT2D eigenvalue weighted by Crippen LogP contribution is 2.71. The lowest BCUT2D eigenvalue weighted by Gasteiger charge is -2.61. The van der Waals surface area contributed by atoms with Gasteiger partial charge in [-0.1, -0.05) is 27.7 Å². The zero-order chi connectivity index (χ0) is 58.8. The first-order valence-electron chi connectivity index (χ1n) is 29.6. The van der Waals surface area contributed by atoms with Crippen LogP contribution in [0.15, 0.2) is 0 Å². The third-order valence-electron chi connectivity index (χ3n) is 21.7. The first kappa shape index (κ1) is 62.1. The summed E-state index contributed by atoms with van der Waals surface area (Å²) in [5.41, 5.74) is -0.172. The summed E-state index contributed by atoms with van der Waals surface area (Å²) in [7, 11) is 0. The zero-order valence-corrected chi connectivity index (χ0v) is 46.8. The molecule has 7 aliphatic heterocycles. The highest BCUT2D eigenvalue weighted by Gasteiger charge is 2.72. The molecule has 7 heterocycles. The lowest BCUT2D eigenvalue weighted by Crippen LogP contribution is -2.68. The molecule has 0 aromatic rings. The highest BCUT2D eigenvalue weighted by atomic mass is 16.8. The summed E-state index contributed by atoms with van der Waals surface area (Å²) in [5.74, 6) is -0.822. The van der Waals surface area contributed by atoms with Crippen molar-refractivity contribution in [2.45, 2.75) is 258 Å². The second-order valence-corrected chi connectivity index (χ2v) is 26.3. The van der Waals surface area contributed by atoms with Gasteiger partial charge in [0.05, 0.1) is 50.7 Å². The zero-order valence-electron chi connectivity index (χ0n) is 46.8. The Kier molecular flexibility index (Phi) is 18.0. The fourth-order valence-corrected chi connectivity index (χ4v) is 17.0. The van der Waals surface area contributed by atoms with Crippen molar-refractivity contribution >= 4 is 5.97 Å². The molecule has 7 saturated heterocycles. The van der Waals surface area contributed by atoms with Gasteiger partial charge in [0.2, 0.25) is 5.79 Å². The molecule has 14 N–H and O–H groups in total. The van der Waals surface area contributed by atoms with Gasteiger partial charge in [-0.15, -0.1) is 0 Å². The monoisotopic (exact) mass is 1180 g/mol. The Balaban J connectivity index is 0.829. The number of carbonyl (C=O) groups excluding carboxylic acids is 1. The Morgan fingerprint density at radius 1 is 0.524 bits per heavy atom. The van der Waals surface area contributed by atoms with Crippen molar-refractivity contribution in [2.24, 2.45) is 52.3 Å². The summed E-state index contributed by atoms with van der Waals surface area (Å²) in [6.07, 6.45) is -34.4. The van der Waals surface area contributed by atoms with Gasteiger partial charge in [-0.3, -0.25) is 4.79 Å². The molecule has 0 unspecified atom stereocenters. The molecule has 36 atom stereocenters. The Labute approximate surface area is 474 Å². The molecule has 82 heavy (non-hydrogen) atoms. The Hall–Kier alpha value is -1.53. The number of aliphatic hydroxyl groups excluding tert-OH is 14. The molecule has 470 valence electrons. The van der Waals surface area contributed by atoms with Crippen molar-refractivity contribution in [2.75, 3.05) is 26.4 Å². The molecule has 27 nitrogen and oxygen atoms in total. The first-order valence-corrected chi connectivity index (χ1v) is 29.6. The summed E-state index contributed by atoms with van der Waals surface area (Å²) in [6.45, 7) is 7.15. The van der Waals surface area contributed by atoms with E-state index in [-0.39, 0.29) is 40.7 Å². The van der Waals surface area contributed by atoms with Gasteiger partial charge in [-0.2, -0.15) is 0 Å². The van der Waals surface area contributed by atoms with Crippen LogP contribution in [-0.4, -0.2) is 269 Å². The SMILES string of the molecule is C[C@@H]1C[C@H](O)[C@@]2(OC1=O)O[C@H]1C[C@H]3[C@@H]4CC[C@H]5C[C@@H](O[C@@H]6O[C@H](CO)[C@H](O[C@@H]7O[C@H](CO)[C@@H](O)[C@H](O[C@@H]8OC[C@@H](O)[C@H](O)[C@H]8O)[C@H]7O[C@@H]7OC[C@H](O)[C@H](O)[C@H]7O)[C@H](O)[C@H]6O[C@@H]6O[C@@H](C)[C@H](O)[C@@H](O)[C@H]6O)CC[C@]5(C)[C@H]4CC[C@]3(C)[C@H]1[C@@H]2C. The second-order valence-electron chi connectivity index (χ2n) is 26.3. The van der Waals surface area contributed by atoms with Crippen LogP contribution >= 0.6 is 0 Å². The van der Waals surface area contributed by atoms with Crippen LogP contribution in [0.1, 0.15) is 92.4 Å². The number of hydrogen-bond donors (Lipinski definition) is 14. The van der Waals surface area contributed by atoms with E-state index in [1.807, 2.05) is 0 Å². The molecule has 4 aliphatic carbocycles. The molecule has 0 amide bonds. The molecule has 11 fully saturated rings. The van der Waals surface area contributed by atoms with Gasteiger partial charge in [0.15, 0.2) is 31.5 Å². The van der Waals surface area contributed by atoms with Gasteiger partial charge in [-0.25, -0.2) is 0 Å². The minimum absolute atomic E-state index is 0.0810. The first-order chi connectivity index (χ1) is 38.8. The average Bonchev–Trinajstić information content (AvgIpc) is 1.71. The lowest BCUT2D eigenvalue weighted by atomic mass is 9.44. The normalized spacial score (nSPS) is 57.8. The van der Waals surface area contributed by atoms with E-state index in [0.29, 0.717) is 37.0 Å². The summed E-state index contributed by atoms with van der Waals surface area (Å²) in [5, 5.41) is 153. The number of esters is 1. The molecule has 27 heteroatoms. The third kappa shape index (κ3) is 10.5. The summed E-state index contributed by atoms with van der Waals surface area (Å²) in [4.78, 5) is 12.9. The molecule has 0 radical (unpaired) electrons. The van der Waals surface area contributed by atoms with Crippen LogP contribution in [0.5, 0.6) is 0 Å². The molecule has 0 aromatic carbocycles. The Bertz CT molecular complexity index is 2200. The van der Waals surface area contributed by atoms with Crippen molar-refractivity contribution < 1.29 is 133 Å². The van der Waals surface area contributed by atoms with E-state index in [9.17, 15) is 76.3 Å². The van der Waals surface area contributed by atoms with Crippen LogP contribution in [0.25, 0.3) is 0 Å². The molecule has 1 spiro atoms. The van der Waals surface area contributed by atoms with E-state index in [0.717, 1.165) is 38.5 Å². The lowest BCUT2D eigenvalue weighted by molar-refractivity contribution is -0.408. The number of hydrogen-bond acceptors (Lipinski definition) is 27. The third-order valence-corrected chi connectivity index (χ3v) is 21.7. The van der Waals surface area contributed by atoms with Crippen LogP contribution in [0.3, 0.4) is 0 Å². The molecule has 11 aliphatic rings. The molecule has 0 aromatic heterocycles. The van der Waals surface area contributed by atoms with Crippen LogP contribution in [0.4, 0.5) is 0 Å². The highest BCUT2D eigenvalue weighted by molar-refractivity contribution is 5.73. The van der Waals surface area contributed by atoms with E-state index in [4.69, 9.17) is 56.8 Å². The van der Waals surface area contributed by atoms with Crippen molar-refractivity contribution in [1.29, 1.82) is 0 Å². The minimum Gasteiger partial charge on any atom is -0.430 e. The number of rotatable bonds is 12. The maximum atomic E-state index is 12.9. The maximum absolute atomic E-state index is 12.9. The molecular weight excluding hydrogens is 1090 g/mol. The van der Waals surface area contributed by atoms with Gasteiger partial charge in [0, 0.05) is 5.92 Å². The Morgan fingerprint density at radius 2 is 1.11 bits per heavy atom. The van der Waals surface area contributed by atoms with E-state index in [1.165, 1.54) is 6.92 Å². The van der Waals surface area contributed by atoms with Crippen molar-refractivity contribution in [1.82, 2.24) is 0 Å². The summed E-state index contributed by atoms with van der Waals surface area (Å²) in [6, 6.07) is 0. The number of carbonyl (C=O) groups is 1. The summed E-state index contributed by atoms with van der Waals surface area (Å²) < 4.78 is 73.8. The van der Waals surface area contributed by atoms with Gasteiger partial charge >= 0.3 is 5.97 Å². The fraction of sp³-hybridized carbons (Fsp3) is 0.982. The smallest absolute Gasteiger partial charge is 0.311 e. The van der Waals surface area contributed by atoms with E-state index >= 15 is 0 Å². The van der Waals surface area contributed by atoms with E-state index in [1.54, 1.807) is 6.92 Å². The predicted molar refractivity (Wildman–Crippen MR) is 269 cm³/mol.